The van der Waals surface area contributed by atoms with Crippen LogP contribution >= 0.6 is 39.9 Å². The van der Waals surface area contributed by atoms with E-state index >= 15 is 0 Å². The van der Waals surface area contributed by atoms with E-state index in [-0.39, 0.29) is 18.3 Å². The third-order valence-corrected chi connectivity index (χ3v) is 2.80. The van der Waals surface area contributed by atoms with Crippen LogP contribution in [0, 0.1) is 0 Å². The molecule has 0 unspecified atom stereocenters. The van der Waals surface area contributed by atoms with Crippen LogP contribution in [-0.4, -0.2) is 25.6 Å². The van der Waals surface area contributed by atoms with E-state index in [2.05, 4.69) is 21.2 Å². The van der Waals surface area contributed by atoms with Gasteiger partial charge in [-0.2, -0.15) is 0 Å². The fourth-order valence-corrected chi connectivity index (χ4v) is 1.94. The zero-order valence-electron chi connectivity index (χ0n) is 9.62. The summed E-state index contributed by atoms with van der Waals surface area (Å²) in [6, 6.07) is 5.23. The van der Waals surface area contributed by atoms with Gasteiger partial charge in [0.05, 0.1) is 17.5 Å². The molecule has 0 radical (unpaired) electrons. The Morgan fingerprint density at radius 3 is 2.83 bits per heavy atom. The first kappa shape index (κ1) is 17.5. The van der Waals surface area contributed by atoms with Crippen molar-refractivity contribution >= 4 is 45.8 Å². The summed E-state index contributed by atoms with van der Waals surface area (Å²) < 4.78 is 6.22. The van der Waals surface area contributed by atoms with Crippen molar-refractivity contribution in [2.24, 2.45) is 5.73 Å². The van der Waals surface area contributed by atoms with Gasteiger partial charge in [-0.3, -0.25) is 4.79 Å². The Labute approximate surface area is 126 Å². The number of amides is 1. The summed E-state index contributed by atoms with van der Waals surface area (Å²) in [5.41, 5.74) is 5.27. The molecule has 0 aliphatic carbocycles. The maximum Gasteiger partial charge on any atom is 0.223 e. The quantitative estimate of drug-likeness (QED) is 0.821. The Morgan fingerprint density at radius 1 is 1.50 bits per heavy atom. The van der Waals surface area contributed by atoms with Gasteiger partial charge in [-0.05, 0) is 34.1 Å². The third-order valence-electron chi connectivity index (χ3n) is 1.95. The molecule has 1 amide bonds. The number of carbonyl (C=O) groups is 1. The van der Waals surface area contributed by atoms with Crippen LogP contribution in [0.5, 0.6) is 5.75 Å². The molecule has 0 saturated carbocycles. The second-order valence-electron chi connectivity index (χ2n) is 3.31. The van der Waals surface area contributed by atoms with Crippen molar-refractivity contribution in [2.75, 3.05) is 19.7 Å². The Kier molecular flexibility index (Phi) is 9.18. The van der Waals surface area contributed by atoms with E-state index in [9.17, 15) is 4.79 Å². The molecule has 1 aromatic carbocycles. The molecule has 7 heteroatoms. The number of hydrogen-bond acceptors (Lipinski definition) is 3. The van der Waals surface area contributed by atoms with Crippen LogP contribution in [0.25, 0.3) is 0 Å². The van der Waals surface area contributed by atoms with E-state index in [0.29, 0.717) is 36.9 Å². The second-order valence-corrected chi connectivity index (χ2v) is 4.60. The van der Waals surface area contributed by atoms with Gasteiger partial charge in [0.2, 0.25) is 5.91 Å². The smallest absolute Gasteiger partial charge is 0.223 e. The number of halogens is 3. The third kappa shape index (κ3) is 6.44. The Balaban J connectivity index is 0.00000289. The predicted molar refractivity (Wildman–Crippen MR) is 78.6 cm³/mol. The van der Waals surface area contributed by atoms with Crippen molar-refractivity contribution in [1.82, 2.24) is 5.32 Å². The van der Waals surface area contributed by atoms with Crippen LogP contribution in [0.15, 0.2) is 22.7 Å². The zero-order valence-corrected chi connectivity index (χ0v) is 12.8. The summed E-state index contributed by atoms with van der Waals surface area (Å²) in [6.07, 6.45) is 0.301. The average molecular weight is 358 g/mol. The van der Waals surface area contributed by atoms with E-state index in [4.69, 9.17) is 22.1 Å². The molecule has 102 valence electrons. The van der Waals surface area contributed by atoms with Crippen LogP contribution in [0.2, 0.25) is 5.02 Å². The number of ether oxygens (including phenoxy) is 1. The largest absolute Gasteiger partial charge is 0.492 e. The van der Waals surface area contributed by atoms with E-state index in [0.717, 1.165) is 4.47 Å². The van der Waals surface area contributed by atoms with Crippen molar-refractivity contribution in [3.63, 3.8) is 0 Å². The van der Waals surface area contributed by atoms with Crippen molar-refractivity contribution in [1.29, 1.82) is 0 Å². The molecule has 1 rings (SSSR count). The first-order chi connectivity index (χ1) is 8.13. The standard InChI is InChI=1S/C11H14BrClN2O2.ClH/c12-9-7-8(13)1-2-10(9)17-6-3-11(16)15-5-4-14;/h1-2,7H,3-6,14H2,(H,15,16);1H. The lowest BCUT2D eigenvalue weighted by molar-refractivity contribution is -0.121. The van der Waals surface area contributed by atoms with Crippen LogP contribution in [0.4, 0.5) is 0 Å². The molecule has 0 heterocycles. The van der Waals surface area contributed by atoms with E-state index in [1.807, 2.05) is 0 Å². The summed E-state index contributed by atoms with van der Waals surface area (Å²) in [4.78, 5) is 11.3. The Bertz CT molecular complexity index is 391. The fourth-order valence-electron chi connectivity index (χ4n) is 1.15. The SMILES string of the molecule is Cl.NCCNC(=O)CCOc1ccc(Cl)cc1Br. The van der Waals surface area contributed by atoms with Gasteiger partial charge in [-0.15, -0.1) is 12.4 Å². The number of hydrogen-bond donors (Lipinski definition) is 2. The summed E-state index contributed by atoms with van der Waals surface area (Å²) in [5, 5.41) is 3.30. The normalized spacial score (nSPS) is 9.50. The number of nitrogens with two attached hydrogens (primary N) is 1. The van der Waals surface area contributed by atoms with Crippen LogP contribution < -0.4 is 15.8 Å². The predicted octanol–water partition coefficient (Wildman–Crippen LogP) is 2.37. The van der Waals surface area contributed by atoms with Gasteiger partial charge in [0.1, 0.15) is 5.75 Å². The number of rotatable bonds is 6. The highest BCUT2D eigenvalue weighted by Crippen LogP contribution is 2.27. The van der Waals surface area contributed by atoms with E-state index in [1.54, 1.807) is 18.2 Å². The zero-order chi connectivity index (χ0) is 12.7. The van der Waals surface area contributed by atoms with Crippen molar-refractivity contribution < 1.29 is 9.53 Å². The maximum atomic E-state index is 11.3. The molecule has 0 spiro atoms. The minimum atomic E-state index is -0.0689. The minimum absolute atomic E-state index is 0. The summed E-state index contributed by atoms with van der Waals surface area (Å²) >= 11 is 9.13. The van der Waals surface area contributed by atoms with E-state index < -0.39 is 0 Å². The highest BCUT2D eigenvalue weighted by molar-refractivity contribution is 9.10. The molecule has 0 aliphatic rings. The first-order valence-electron chi connectivity index (χ1n) is 5.18. The molecule has 0 saturated heterocycles. The van der Waals surface area contributed by atoms with Crippen molar-refractivity contribution in [3.05, 3.63) is 27.7 Å². The monoisotopic (exact) mass is 356 g/mol. The van der Waals surface area contributed by atoms with Crippen molar-refractivity contribution in [3.8, 4) is 5.75 Å². The molecule has 3 N–H and O–H groups in total. The lowest BCUT2D eigenvalue weighted by Gasteiger charge is -2.08. The molecule has 0 aliphatic heterocycles. The number of nitrogens with one attached hydrogen (secondary N) is 1. The van der Waals surface area contributed by atoms with Gasteiger partial charge in [-0.1, -0.05) is 11.6 Å². The topological polar surface area (TPSA) is 64.3 Å². The molecule has 4 nitrogen and oxygen atoms in total. The fraction of sp³-hybridized carbons (Fsp3) is 0.364. The lowest BCUT2D eigenvalue weighted by Crippen LogP contribution is -2.29. The van der Waals surface area contributed by atoms with Gasteiger partial charge in [-0.25, -0.2) is 0 Å². The molecule has 0 bridgehead atoms. The lowest BCUT2D eigenvalue weighted by atomic mass is 10.3. The molecule has 1 aromatic rings. The summed E-state index contributed by atoms with van der Waals surface area (Å²) in [7, 11) is 0. The Morgan fingerprint density at radius 2 is 2.22 bits per heavy atom. The molecule has 18 heavy (non-hydrogen) atoms. The van der Waals surface area contributed by atoms with Crippen LogP contribution in [-0.2, 0) is 4.79 Å². The summed E-state index contributed by atoms with van der Waals surface area (Å²) in [5.74, 6) is 0.599. The molecular formula is C11H15BrCl2N2O2. The molecule has 0 fully saturated rings. The molecule has 0 aromatic heterocycles. The summed E-state index contributed by atoms with van der Waals surface area (Å²) in [6.45, 7) is 1.25. The highest BCUT2D eigenvalue weighted by atomic mass is 79.9. The maximum absolute atomic E-state index is 11.3. The molecule has 0 atom stereocenters. The van der Waals surface area contributed by atoms with Gasteiger partial charge in [0, 0.05) is 18.1 Å². The van der Waals surface area contributed by atoms with E-state index in [1.165, 1.54) is 0 Å². The van der Waals surface area contributed by atoms with Gasteiger partial charge >= 0.3 is 0 Å². The van der Waals surface area contributed by atoms with Gasteiger partial charge < -0.3 is 15.8 Å². The van der Waals surface area contributed by atoms with Crippen LogP contribution in [0.1, 0.15) is 6.42 Å². The highest BCUT2D eigenvalue weighted by Gasteiger charge is 2.04. The Hall–Kier alpha value is -0.490. The number of benzene rings is 1. The first-order valence-corrected chi connectivity index (χ1v) is 6.35. The minimum Gasteiger partial charge on any atom is -0.492 e. The second kappa shape index (κ2) is 9.44. The molecular weight excluding hydrogens is 343 g/mol. The van der Waals surface area contributed by atoms with Gasteiger partial charge in [0.25, 0.3) is 0 Å². The average Bonchev–Trinajstić information content (AvgIpc) is 2.29. The number of carbonyl (C=O) groups excluding carboxylic acids is 1. The van der Waals surface area contributed by atoms with Crippen molar-refractivity contribution in [2.45, 2.75) is 6.42 Å². The van der Waals surface area contributed by atoms with Crippen LogP contribution in [0.3, 0.4) is 0 Å². The van der Waals surface area contributed by atoms with Gasteiger partial charge in [0.15, 0.2) is 0 Å².